The van der Waals surface area contributed by atoms with E-state index in [2.05, 4.69) is 5.32 Å². The summed E-state index contributed by atoms with van der Waals surface area (Å²) in [6.07, 6.45) is 5.52. The van der Waals surface area contributed by atoms with E-state index < -0.39 is 12.6 Å². The molecule has 1 aromatic carbocycles. The molecule has 2 aliphatic rings. The van der Waals surface area contributed by atoms with E-state index in [0.717, 1.165) is 38.5 Å². The molecule has 29 heavy (non-hydrogen) atoms. The largest absolute Gasteiger partial charge is 0.452 e. The quantitative estimate of drug-likeness (QED) is 0.585. The van der Waals surface area contributed by atoms with Crippen molar-refractivity contribution < 1.29 is 23.9 Å². The maximum Gasteiger partial charge on any atom is 0.338 e. The van der Waals surface area contributed by atoms with E-state index in [9.17, 15) is 19.2 Å². The van der Waals surface area contributed by atoms with Crippen molar-refractivity contribution in [2.45, 2.75) is 70.9 Å². The van der Waals surface area contributed by atoms with Crippen molar-refractivity contribution in [3.8, 4) is 0 Å². The van der Waals surface area contributed by atoms with Gasteiger partial charge in [0.25, 0.3) is 17.7 Å². The van der Waals surface area contributed by atoms with Crippen LogP contribution in [0.3, 0.4) is 0 Å². The minimum absolute atomic E-state index is 0.0721. The standard InChI is InChI=1S/C22H28N2O5/c1-4-22(2,3)23-18(25)13-29-21(28)14-10-11-16-17(12-14)20(27)24(19(16)26)15-8-6-5-7-9-15/h10-12,15H,4-9,13H2,1-3H3,(H,23,25). The van der Waals surface area contributed by atoms with Crippen LogP contribution >= 0.6 is 0 Å². The van der Waals surface area contributed by atoms with Gasteiger partial charge in [-0.15, -0.1) is 0 Å². The second-order valence-corrected chi connectivity index (χ2v) is 8.39. The third-order valence-corrected chi connectivity index (χ3v) is 5.79. The van der Waals surface area contributed by atoms with Crippen LogP contribution in [0.25, 0.3) is 0 Å². The van der Waals surface area contributed by atoms with Crippen LogP contribution in [0.15, 0.2) is 18.2 Å². The minimum Gasteiger partial charge on any atom is -0.452 e. The van der Waals surface area contributed by atoms with E-state index in [0.29, 0.717) is 5.56 Å². The highest BCUT2D eigenvalue weighted by Crippen LogP contribution is 2.31. The molecule has 3 rings (SSSR count). The van der Waals surface area contributed by atoms with E-state index in [1.54, 1.807) is 0 Å². The number of hydrogen-bond acceptors (Lipinski definition) is 5. The van der Waals surface area contributed by atoms with Crippen LogP contribution in [0.1, 0.15) is 90.4 Å². The molecule has 1 aromatic rings. The summed E-state index contributed by atoms with van der Waals surface area (Å²) in [6.45, 7) is 5.31. The lowest BCUT2D eigenvalue weighted by molar-refractivity contribution is -0.125. The number of carbonyl (C=O) groups excluding carboxylic acids is 4. The summed E-state index contributed by atoms with van der Waals surface area (Å²) in [5.74, 6) is -1.73. The fourth-order valence-electron chi connectivity index (χ4n) is 3.77. The molecule has 0 atom stereocenters. The number of nitrogens with one attached hydrogen (secondary N) is 1. The first kappa shape index (κ1) is 21.0. The molecule has 1 saturated carbocycles. The van der Waals surface area contributed by atoms with Crippen molar-refractivity contribution in [2.24, 2.45) is 0 Å². The van der Waals surface area contributed by atoms with Gasteiger partial charge in [-0.25, -0.2) is 4.79 Å². The Morgan fingerprint density at radius 2 is 1.76 bits per heavy atom. The van der Waals surface area contributed by atoms with E-state index >= 15 is 0 Å². The van der Waals surface area contributed by atoms with Gasteiger partial charge >= 0.3 is 5.97 Å². The number of ether oxygens (including phenoxy) is 1. The number of amides is 3. The summed E-state index contributed by atoms with van der Waals surface area (Å²) in [4.78, 5) is 51.2. The number of carbonyl (C=O) groups is 4. The van der Waals surface area contributed by atoms with Gasteiger partial charge in [-0.05, 0) is 51.3 Å². The third-order valence-electron chi connectivity index (χ3n) is 5.79. The summed E-state index contributed by atoms with van der Waals surface area (Å²) < 4.78 is 5.08. The average Bonchev–Trinajstić information content (AvgIpc) is 2.96. The molecule has 0 radical (unpaired) electrons. The number of esters is 1. The molecular weight excluding hydrogens is 372 g/mol. The van der Waals surface area contributed by atoms with Crippen molar-refractivity contribution >= 4 is 23.7 Å². The lowest BCUT2D eigenvalue weighted by Gasteiger charge is -2.29. The van der Waals surface area contributed by atoms with Crippen LogP contribution in [0.4, 0.5) is 0 Å². The zero-order chi connectivity index (χ0) is 21.2. The SMILES string of the molecule is CCC(C)(C)NC(=O)COC(=O)c1ccc2c(c1)C(=O)N(C1CCCCC1)C2=O. The summed E-state index contributed by atoms with van der Waals surface area (Å²) in [5.41, 5.74) is 0.316. The number of imide groups is 1. The molecule has 1 heterocycles. The number of rotatable bonds is 6. The highest BCUT2D eigenvalue weighted by molar-refractivity contribution is 6.22. The van der Waals surface area contributed by atoms with Gasteiger partial charge in [0.2, 0.25) is 0 Å². The van der Waals surface area contributed by atoms with Gasteiger partial charge in [-0.1, -0.05) is 26.2 Å². The maximum absolute atomic E-state index is 12.8. The highest BCUT2D eigenvalue weighted by atomic mass is 16.5. The van der Waals surface area contributed by atoms with Crippen molar-refractivity contribution in [2.75, 3.05) is 6.61 Å². The number of benzene rings is 1. The van der Waals surface area contributed by atoms with E-state index in [1.165, 1.54) is 23.1 Å². The molecule has 0 aromatic heterocycles. The van der Waals surface area contributed by atoms with Crippen LogP contribution in [-0.2, 0) is 9.53 Å². The lowest BCUT2D eigenvalue weighted by atomic mass is 9.94. The van der Waals surface area contributed by atoms with Crippen LogP contribution < -0.4 is 5.32 Å². The van der Waals surface area contributed by atoms with Crippen LogP contribution in [0.5, 0.6) is 0 Å². The molecule has 0 unspecified atom stereocenters. The first-order valence-corrected chi connectivity index (χ1v) is 10.2. The first-order chi connectivity index (χ1) is 13.7. The number of nitrogens with zero attached hydrogens (tertiary/aromatic N) is 1. The molecule has 1 N–H and O–H groups in total. The van der Waals surface area contributed by atoms with Crippen LogP contribution in [0, 0.1) is 0 Å². The molecule has 7 heteroatoms. The number of hydrogen-bond donors (Lipinski definition) is 1. The van der Waals surface area contributed by atoms with Crippen LogP contribution in [-0.4, -0.2) is 46.8 Å². The molecule has 1 fully saturated rings. The third kappa shape index (κ3) is 4.49. The van der Waals surface area contributed by atoms with Crippen molar-refractivity contribution in [3.63, 3.8) is 0 Å². The van der Waals surface area contributed by atoms with Gasteiger partial charge in [-0.3, -0.25) is 19.3 Å². The second-order valence-electron chi connectivity index (χ2n) is 8.39. The minimum atomic E-state index is -0.700. The maximum atomic E-state index is 12.8. The normalized spacial score (nSPS) is 17.3. The van der Waals surface area contributed by atoms with Crippen molar-refractivity contribution in [1.29, 1.82) is 0 Å². The Morgan fingerprint density at radius 1 is 1.10 bits per heavy atom. The van der Waals surface area contributed by atoms with Gasteiger partial charge in [0, 0.05) is 11.6 Å². The Kier molecular flexibility index (Phi) is 6.05. The van der Waals surface area contributed by atoms with Crippen molar-refractivity contribution in [1.82, 2.24) is 10.2 Å². The van der Waals surface area contributed by atoms with E-state index in [-0.39, 0.29) is 40.4 Å². The summed E-state index contributed by atoms with van der Waals surface area (Å²) in [5, 5.41) is 2.79. The molecular formula is C22H28N2O5. The van der Waals surface area contributed by atoms with Gasteiger partial charge < -0.3 is 10.1 Å². The smallest absolute Gasteiger partial charge is 0.338 e. The Bertz CT molecular complexity index is 840. The van der Waals surface area contributed by atoms with Gasteiger partial charge in [0.1, 0.15) is 0 Å². The fraction of sp³-hybridized carbons (Fsp3) is 0.545. The van der Waals surface area contributed by atoms with Crippen LogP contribution in [0.2, 0.25) is 0 Å². The second kappa shape index (κ2) is 8.35. The Hall–Kier alpha value is -2.70. The predicted octanol–water partition coefficient (Wildman–Crippen LogP) is 3.08. The summed E-state index contributed by atoms with van der Waals surface area (Å²) >= 11 is 0. The molecule has 7 nitrogen and oxygen atoms in total. The molecule has 156 valence electrons. The summed E-state index contributed by atoms with van der Waals surface area (Å²) in [7, 11) is 0. The Morgan fingerprint density at radius 3 is 2.41 bits per heavy atom. The van der Waals surface area contributed by atoms with Gasteiger partial charge in [0.15, 0.2) is 6.61 Å². The topological polar surface area (TPSA) is 92.8 Å². The zero-order valence-electron chi connectivity index (χ0n) is 17.2. The zero-order valence-corrected chi connectivity index (χ0v) is 17.2. The van der Waals surface area contributed by atoms with Gasteiger partial charge in [0.05, 0.1) is 16.7 Å². The highest BCUT2D eigenvalue weighted by Gasteiger charge is 2.40. The van der Waals surface area contributed by atoms with Gasteiger partial charge in [-0.2, -0.15) is 0 Å². The summed E-state index contributed by atoms with van der Waals surface area (Å²) in [6, 6.07) is 4.28. The molecule has 3 amide bonds. The Balaban J connectivity index is 1.68. The molecule has 0 saturated heterocycles. The predicted molar refractivity (Wildman–Crippen MR) is 107 cm³/mol. The molecule has 0 spiro atoms. The molecule has 0 bridgehead atoms. The van der Waals surface area contributed by atoms with Crippen molar-refractivity contribution in [3.05, 3.63) is 34.9 Å². The van der Waals surface area contributed by atoms with E-state index in [4.69, 9.17) is 4.74 Å². The lowest BCUT2D eigenvalue weighted by Crippen LogP contribution is -2.44. The first-order valence-electron chi connectivity index (χ1n) is 10.2. The fourth-order valence-corrected chi connectivity index (χ4v) is 3.77. The van der Waals surface area contributed by atoms with E-state index in [1.807, 2.05) is 20.8 Å². The molecule has 1 aliphatic heterocycles. The molecule has 1 aliphatic carbocycles. The number of fused-ring (bicyclic) bond motifs is 1. The Labute approximate surface area is 170 Å². The monoisotopic (exact) mass is 400 g/mol. The average molecular weight is 400 g/mol.